The van der Waals surface area contributed by atoms with Gasteiger partial charge in [-0.15, -0.1) is 0 Å². The molecule has 4 rings (SSSR count). The third-order valence-electron chi connectivity index (χ3n) is 5.77. The number of primary amides is 1. The van der Waals surface area contributed by atoms with Gasteiger partial charge < -0.3 is 20.7 Å². The van der Waals surface area contributed by atoms with Gasteiger partial charge in [-0.2, -0.15) is 0 Å². The number of carbonyl (C=O) groups is 3. The first-order valence-corrected chi connectivity index (χ1v) is 10.4. The summed E-state index contributed by atoms with van der Waals surface area (Å²) in [4.78, 5) is 39.3. The monoisotopic (exact) mass is 439 g/mol. The van der Waals surface area contributed by atoms with Crippen molar-refractivity contribution in [3.63, 3.8) is 0 Å². The van der Waals surface area contributed by atoms with Gasteiger partial charge in [0.15, 0.2) is 0 Å². The van der Waals surface area contributed by atoms with Crippen molar-refractivity contribution in [2.45, 2.75) is 25.5 Å². The second kappa shape index (κ2) is 9.15. The number of nitrogens with two attached hydrogens (primary N) is 1. The van der Waals surface area contributed by atoms with Crippen LogP contribution in [0.4, 0.5) is 21.9 Å². The highest BCUT2D eigenvalue weighted by molar-refractivity contribution is 5.98. The Labute approximate surface area is 184 Å². The smallest absolute Gasteiger partial charge is 0.414 e. The van der Waals surface area contributed by atoms with Crippen molar-refractivity contribution in [1.29, 1.82) is 0 Å². The molecule has 2 aliphatic heterocycles. The van der Waals surface area contributed by atoms with Crippen molar-refractivity contribution in [3.05, 3.63) is 53.6 Å². The molecule has 168 valence electrons. The predicted molar refractivity (Wildman–Crippen MR) is 118 cm³/mol. The van der Waals surface area contributed by atoms with Crippen molar-refractivity contribution < 1.29 is 24.3 Å². The zero-order valence-electron chi connectivity index (χ0n) is 17.4. The van der Waals surface area contributed by atoms with E-state index in [9.17, 15) is 19.6 Å². The highest BCUT2D eigenvalue weighted by Gasteiger charge is 2.34. The normalized spacial score (nSPS) is 16.2. The van der Waals surface area contributed by atoms with E-state index in [4.69, 9.17) is 10.5 Å². The quantitative estimate of drug-likeness (QED) is 0.504. The molecule has 0 radical (unpaired) electrons. The Morgan fingerprint density at radius 1 is 1.12 bits per heavy atom. The molecule has 0 aromatic heterocycles. The van der Waals surface area contributed by atoms with Crippen LogP contribution < -0.4 is 26.3 Å². The third-order valence-corrected chi connectivity index (χ3v) is 5.77. The number of para-hydroxylation sites is 1. The van der Waals surface area contributed by atoms with Crippen LogP contribution in [0.3, 0.4) is 0 Å². The molecule has 2 aromatic rings. The van der Waals surface area contributed by atoms with Crippen LogP contribution in [0.15, 0.2) is 42.5 Å². The minimum Gasteiger partial charge on any atom is -0.444 e. The van der Waals surface area contributed by atoms with Gasteiger partial charge in [0.2, 0.25) is 5.91 Å². The number of cyclic esters (lactones) is 1. The number of hydrogen-bond acceptors (Lipinski definition) is 7. The lowest BCUT2D eigenvalue weighted by Crippen LogP contribution is -2.49. The first kappa shape index (κ1) is 21.4. The number of rotatable bonds is 6. The van der Waals surface area contributed by atoms with E-state index in [1.807, 2.05) is 24.3 Å². The van der Waals surface area contributed by atoms with Crippen molar-refractivity contribution in [3.8, 4) is 0 Å². The molecule has 2 aromatic carbocycles. The fourth-order valence-electron chi connectivity index (χ4n) is 4.20. The van der Waals surface area contributed by atoms with E-state index < -0.39 is 11.8 Å². The molecule has 10 heteroatoms. The first-order chi connectivity index (χ1) is 15.5. The maximum absolute atomic E-state index is 12.5. The SMILES string of the molecule is NC(=O)CNC(=O)c1ccc(N2CCC(N3C(=O)OCc4ccccc43)CC2)c(NO)c1. The predicted octanol–water partition coefficient (Wildman–Crippen LogP) is 1.83. The number of nitrogens with zero attached hydrogens (tertiary/aromatic N) is 2. The molecule has 1 saturated heterocycles. The topological polar surface area (TPSA) is 137 Å². The van der Waals surface area contributed by atoms with Crippen LogP contribution in [-0.4, -0.2) is 48.8 Å². The minimum atomic E-state index is -0.640. The van der Waals surface area contributed by atoms with E-state index in [-0.39, 0.29) is 30.9 Å². The van der Waals surface area contributed by atoms with Gasteiger partial charge in [-0.1, -0.05) is 18.2 Å². The van der Waals surface area contributed by atoms with Gasteiger partial charge in [0.05, 0.1) is 23.6 Å². The lowest BCUT2D eigenvalue weighted by Gasteiger charge is -2.41. The number of ether oxygens (including phenoxy) is 1. The molecule has 0 atom stereocenters. The summed E-state index contributed by atoms with van der Waals surface area (Å²) in [6.07, 6.45) is 1.11. The average Bonchev–Trinajstić information content (AvgIpc) is 2.82. The Balaban J connectivity index is 1.46. The summed E-state index contributed by atoms with van der Waals surface area (Å²) in [6.45, 7) is 1.32. The Bertz CT molecular complexity index is 1040. The molecule has 0 aliphatic carbocycles. The molecule has 1 fully saturated rings. The van der Waals surface area contributed by atoms with Crippen LogP contribution in [0.25, 0.3) is 0 Å². The third kappa shape index (κ3) is 4.30. The van der Waals surface area contributed by atoms with Gasteiger partial charge in [-0.05, 0) is 37.1 Å². The highest BCUT2D eigenvalue weighted by atomic mass is 16.6. The minimum absolute atomic E-state index is 0.00425. The van der Waals surface area contributed by atoms with Gasteiger partial charge in [0, 0.05) is 30.3 Å². The van der Waals surface area contributed by atoms with E-state index in [1.54, 1.807) is 17.0 Å². The van der Waals surface area contributed by atoms with Crippen molar-refractivity contribution >= 4 is 35.0 Å². The molecule has 5 N–H and O–H groups in total. The molecule has 2 heterocycles. The van der Waals surface area contributed by atoms with E-state index in [0.717, 1.165) is 29.8 Å². The van der Waals surface area contributed by atoms with Gasteiger partial charge in [-0.3, -0.25) is 25.2 Å². The van der Waals surface area contributed by atoms with Crippen molar-refractivity contribution in [2.24, 2.45) is 5.73 Å². The summed E-state index contributed by atoms with van der Waals surface area (Å²) in [7, 11) is 0. The summed E-state index contributed by atoms with van der Waals surface area (Å²) in [6, 6.07) is 12.6. The molecule has 0 spiro atoms. The Morgan fingerprint density at radius 3 is 2.59 bits per heavy atom. The molecule has 2 aliphatic rings. The van der Waals surface area contributed by atoms with Crippen LogP contribution in [0.2, 0.25) is 0 Å². The lowest BCUT2D eigenvalue weighted by atomic mass is 9.99. The molecule has 0 saturated carbocycles. The summed E-state index contributed by atoms with van der Waals surface area (Å²) < 4.78 is 5.35. The molecule has 10 nitrogen and oxygen atoms in total. The van der Waals surface area contributed by atoms with Crippen molar-refractivity contribution in [2.75, 3.05) is 34.9 Å². The summed E-state index contributed by atoms with van der Waals surface area (Å²) in [5, 5.41) is 12.0. The largest absolute Gasteiger partial charge is 0.444 e. The summed E-state index contributed by atoms with van der Waals surface area (Å²) in [5.41, 5.74) is 10.5. The number of piperidine rings is 1. The molecule has 3 amide bonds. The number of amides is 3. The van der Waals surface area contributed by atoms with Crippen LogP contribution in [0.5, 0.6) is 0 Å². The van der Waals surface area contributed by atoms with Crippen molar-refractivity contribution in [1.82, 2.24) is 5.32 Å². The fraction of sp³-hybridized carbons (Fsp3) is 0.318. The lowest BCUT2D eigenvalue weighted by molar-refractivity contribution is -0.117. The summed E-state index contributed by atoms with van der Waals surface area (Å²) in [5.74, 6) is -1.11. The van der Waals surface area contributed by atoms with Gasteiger partial charge in [-0.25, -0.2) is 4.79 Å². The number of fused-ring (bicyclic) bond motifs is 1. The number of benzene rings is 2. The zero-order chi connectivity index (χ0) is 22.7. The van der Waals surface area contributed by atoms with Crippen LogP contribution in [0.1, 0.15) is 28.8 Å². The highest BCUT2D eigenvalue weighted by Crippen LogP contribution is 2.34. The number of anilines is 3. The van der Waals surface area contributed by atoms with E-state index in [2.05, 4.69) is 15.7 Å². The second-order valence-corrected chi connectivity index (χ2v) is 7.76. The average molecular weight is 439 g/mol. The molecule has 0 bridgehead atoms. The molecule has 0 unspecified atom stereocenters. The zero-order valence-corrected chi connectivity index (χ0v) is 17.4. The standard InChI is InChI=1S/C22H25N5O5/c23-20(28)12-24-21(29)14-5-6-19(17(11-14)25-31)26-9-7-16(8-10-26)27-18-4-2-1-3-15(18)13-32-22(27)30/h1-6,11,16,25,31H,7-10,12-13H2,(H2,23,28)(H,24,29). The Hall–Kier alpha value is -3.79. The first-order valence-electron chi connectivity index (χ1n) is 10.4. The van der Waals surface area contributed by atoms with Gasteiger partial charge in [0.25, 0.3) is 5.91 Å². The van der Waals surface area contributed by atoms with Crippen LogP contribution in [-0.2, 0) is 16.1 Å². The van der Waals surface area contributed by atoms with E-state index >= 15 is 0 Å². The van der Waals surface area contributed by atoms with Gasteiger partial charge >= 0.3 is 6.09 Å². The maximum atomic E-state index is 12.5. The number of nitrogens with one attached hydrogen (secondary N) is 2. The van der Waals surface area contributed by atoms with Crippen LogP contribution >= 0.6 is 0 Å². The fourth-order valence-corrected chi connectivity index (χ4v) is 4.20. The van der Waals surface area contributed by atoms with Gasteiger partial charge in [0.1, 0.15) is 6.61 Å². The second-order valence-electron chi connectivity index (χ2n) is 7.76. The maximum Gasteiger partial charge on any atom is 0.414 e. The molecular formula is C22H25N5O5. The Kier molecular flexibility index (Phi) is 6.13. The molecule has 32 heavy (non-hydrogen) atoms. The van der Waals surface area contributed by atoms with E-state index in [1.165, 1.54) is 6.07 Å². The molecular weight excluding hydrogens is 414 g/mol. The number of carbonyl (C=O) groups excluding carboxylic acids is 3. The Morgan fingerprint density at radius 2 is 1.88 bits per heavy atom. The van der Waals surface area contributed by atoms with Crippen LogP contribution in [0, 0.1) is 0 Å². The van der Waals surface area contributed by atoms with E-state index in [0.29, 0.717) is 18.8 Å². The number of hydrogen-bond donors (Lipinski definition) is 4. The summed E-state index contributed by atoms with van der Waals surface area (Å²) >= 11 is 0.